The lowest BCUT2D eigenvalue weighted by Gasteiger charge is -2.12. The van der Waals surface area contributed by atoms with Crippen molar-refractivity contribution in [2.75, 3.05) is 13.2 Å². The highest BCUT2D eigenvalue weighted by Crippen LogP contribution is 2.07. The molecule has 1 aromatic rings. The van der Waals surface area contributed by atoms with Gasteiger partial charge in [0.1, 0.15) is 0 Å². The third-order valence-electron chi connectivity index (χ3n) is 2.57. The highest BCUT2D eigenvalue weighted by molar-refractivity contribution is 5.95. The summed E-state index contributed by atoms with van der Waals surface area (Å²) >= 11 is 0. The van der Waals surface area contributed by atoms with Crippen molar-refractivity contribution >= 4 is 18.0 Å². The quantitative estimate of drug-likeness (QED) is 0.747. The average molecular weight is 277 g/mol. The number of carbonyl (C=O) groups is 2. The Balaban J connectivity index is 2.64. The fourth-order valence-electron chi connectivity index (χ4n) is 1.63. The molecular formula is C15H19NO4. The summed E-state index contributed by atoms with van der Waals surface area (Å²) in [6.45, 7) is 4.82. The van der Waals surface area contributed by atoms with Crippen molar-refractivity contribution in [3.63, 3.8) is 0 Å². The van der Waals surface area contributed by atoms with E-state index >= 15 is 0 Å². The van der Waals surface area contributed by atoms with Crippen LogP contribution in [-0.2, 0) is 9.53 Å². The molecule has 0 aromatic heterocycles. The van der Waals surface area contributed by atoms with E-state index < -0.39 is 5.97 Å². The number of rotatable bonds is 7. The third-order valence-corrected chi connectivity index (χ3v) is 2.57. The van der Waals surface area contributed by atoms with Crippen molar-refractivity contribution < 1.29 is 19.4 Å². The summed E-state index contributed by atoms with van der Waals surface area (Å²) in [6.07, 6.45) is 2.44. The minimum absolute atomic E-state index is 0.0426. The Kier molecular flexibility index (Phi) is 6.46. The van der Waals surface area contributed by atoms with Gasteiger partial charge in [-0.25, -0.2) is 4.79 Å². The molecular weight excluding hydrogens is 258 g/mol. The predicted octanol–water partition coefficient (Wildman–Crippen LogP) is 1.94. The second-order valence-corrected chi connectivity index (χ2v) is 4.27. The van der Waals surface area contributed by atoms with Gasteiger partial charge >= 0.3 is 5.97 Å². The summed E-state index contributed by atoms with van der Waals surface area (Å²) in [5, 5.41) is 11.3. The number of aliphatic carboxylic acids is 1. The van der Waals surface area contributed by atoms with Crippen molar-refractivity contribution in [2.45, 2.75) is 20.0 Å². The smallest absolute Gasteiger partial charge is 0.328 e. The molecule has 0 aliphatic carbocycles. The zero-order valence-corrected chi connectivity index (χ0v) is 11.6. The Labute approximate surface area is 118 Å². The van der Waals surface area contributed by atoms with Crippen LogP contribution in [0.15, 0.2) is 30.3 Å². The zero-order valence-electron chi connectivity index (χ0n) is 11.6. The largest absolute Gasteiger partial charge is 0.478 e. The molecule has 1 amide bonds. The second kappa shape index (κ2) is 8.12. The molecule has 5 heteroatoms. The minimum Gasteiger partial charge on any atom is -0.478 e. The van der Waals surface area contributed by atoms with E-state index in [-0.39, 0.29) is 12.0 Å². The molecule has 108 valence electrons. The van der Waals surface area contributed by atoms with Gasteiger partial charge in [0.25, 0.3) is 5.91 Å². The summed E-state index contributed by atoms with van der Waals surface area (Å²) in [5.41, 5.74) is 1.15. The Morgan fingerprint density at radius 3 is 2.85 bits per heavy atom. The van der Waals surface area contributed by atoms with Crippen LogP contribution < -0.4 is 5.32 Å². The summed E-state index contributed by atoms with van der Waals surface area (Å²) in [4.78, 5) is 22.4. The van der Waals surface area contributed by atoms with E-state index in [0.717, 1.165) is 6.08 Å². The molecule has 0 spiro atoms. The first kappa shape index (κ1) is 15.9. The van der Waals surface area contributed by atoms with Gasteiger partial charge in [0.2, 0.25) is 0 Å². The van der Waals surface area contributed by atoms with Crippen molar-refractivity contribution in [1.29, 1.82) is 0 Å². The SMILES string of the molecule is CCOC(C)CNC(=O)c1cccc(/C=C/C(=O)O)c1. The third kappa shape index (κ3) is 5.67. The van der Waals surface area contributed by atoms with Gasteiger partial charge < -0.3 is 15.2 Å². The Bertz CT molecular complexity index is 496. The lowest BCUT2D eigenvalue weighted by atomic mass is 10.1. The highest BCUT2D eigenvalue weighted by atomic mass is 16.5. The molecule has 1 atom stereocenters. The van der Waals surface area contributed by atoms with E-state index in [2.05, 4.69) is 5.32 Å². The summed E-state index contributed by atoms with van der Waals surface area (Å²) < 4.78 is 5.33. The van der Waals surface area contributed by atoms with Crippen LogP contribution >= 0.6 is 0 Å². The predicted molar refractivity (Wildman–Crippen MR) is 76.5 cm³/mol. The second-order valence-electron chi connectivity index (χ2n) is 4.27. The van der Waals surface area contributed by atoms with Crippen LogP contribution in [0.25, 0.3) is 6.08 Å². The number of benzene rings is 1. The molecule has 0 aliphatic rings. The Morgan fingerprint density at radius 2 is 2.20 bits per heavy atom. The normalized spacial score (nSPS) is 12.3. The fourth-order valence-corrected chi connectivity index (χ4v) is 1.63. The zero-order chi connectivity index (χ0) is 15.0. The van der Waals surface area contributed by atoms with Gasteiger partial charge in [-0.15, -0.1) is 0 Å². The van der Waals surface area contributed by atoms with E-state index in [1.807, 2.05) is 13.8 Å². The number of carboxylic acid groups (broad SMARTS) is 1. The first-order chi connectivity index (χ1) is 9.52. The van der Waals surface area contributed by atoms with E-state index in [4.69, 9.17) is 9.84 Å². The van der Waals surface area contributed by atoms with E-state index in [9.17, 15) is 9.59 Å². The van der Waals surface area contributed by atoms with Gasteiger partial charge in [0, 0.05) is 24.8 Å². The molecule has 0 saturated heterocycles. The van der Waals surface area contributed by atoms with E-state index in [1.165, 1.54) is 6.08 Å². The van der Waals surface area contributed by atoms with Crippen LogP contribution in [0, 0.1) is 0 Å². The van der Waals surface area contributed by atoms with Gasteiger partial charge in [-0.2, -0.15) is 0 Å². The van der Waals surface area contributed by atoms with Crippen molar-refractivity contribution in [1.82, 2.24) is 5.32 Å². The van der Waals surface area contributed by atoms with Gasteiger partial charge in [0.15, 0.2) is 0 Å². The van der Waals surface area contributed by atoms with Crippen LogP contribution in [0.1, 0.15) is 29.8 Å². The minimum atomic E-state index is -1.02. The summed E-state index contributed by atoms with van der Waals surface area (Å²) in [7, 11) is 0. The molecule has 0 saturated carbocycles. The highest BCUT2D eigenvalue weighted by Gasteiger charge is 2.07. The van der Waals surface area contributed by atoms with E-state index in [1.54, 1.807) is 24.3 Å². The maximum Gasteiger partial charge on any atom is 0.328 e. The lowest BCUT2D eigenvalue weighted by molar-refractivity contribution is -0.131. The molecule has 20 heavy (non-hydrogen) atoms. The Hall–Kier alpha value is -2.14. The summed E-state index contributed by atoms with van der Waals surface area (Å²) in [6, 6.07) is 6.76. The van der Waals surface area contributed by atoms with Gasteiger partial charge in [-0.3, -0.25) is 4.79 Å². The molecule has 0 heterocycles. The Morgan fingerprint density at radius 1 is 1.45 bits per heavy atom. The molecule has 0 bridgehead atoms. The molecule has 0 radical (unpaired) electrons. The fraction of sp³-hybridized carbons (Fsp3) is 0.333. The van der Waals surface area contributed by atoms with Crippen molar-refractivity contribution in [3.8, 4) is 0 Å². The van der Waals surface area contributed by atoms with Crippen LogP contribution in [0.3, 0.4) is 0 Å². The van der Waals surface area contributed by atoms with Crippen LogP contribution in [0.4, 0.5) is 0 Å². The number of carboxylic acids is 1. The molecule has 1 rings (SSSR count). The first-order valence-corrected chi connectivity index (χ1v) is 6.43. The maximum atomic E-state index is 11.9. The van der Waals surface area contributed by atoms with Gasteiger partial charge in [-0.05, 0) is 37.6 Å². The van der Waals surface area contributed by atoms with Crippen molar-refractivity contribution in [3.05, 3.63) is 41.5 Å². The number of nitrogens with one attached hydrogen (secondary N) is 1. The molecule has 0 aliphatic heterocycles. The van der Waals surface area contributed by atoms with Crippen LogP contribution in [-0.4, -0.2) is 36.2 Å². The van der Waals surface area contributed by atoms with Gasteiger partial charge in [0.05, 0.1) is 6.10 Å². The van der Waals surface area contributed by atoms with Crippen LogP contribution in [0.5, 0.6) is 0 Å². The number of hydrogen-bond donors (Lipinski definition) is 2. The number of carbonyl (C=O) groups excluding carboxylic acids is 1. The molecule has 2 N–H and O–H groups in total. The molecule has 5 nitrogen and oxygen atoms in total. The van der Waals surface area contributed by atoms with Crippen molar-refractivity contribution in [2.24, 2.45) is 0 Å². The molecule has 0 fully saturated rings. The number of ether oxygens (including phenoxy) is 1. The monoisotopic (exact) mass is 277 g/mol. The number of hydrogen-bond acceptors (Lipinski definition) is 3. The lowest BCUT2D eigenvalue weighted by Crippen LogP contribution is -2.32. The molecule has 1 unspecified atom stereocenters. The van der Waals surface area contributed by atoms with Gasteiger partial charge in [-0.1, -0.05) is 12.1 Å². The van der Waals surface area contributed by atoms with E-state index in [0.29, 0.717) is 24.3 Å². The average Bonchev–Trinajstić information content (AvgIpc) is 2.43. The summed E-state index contributed by atoms with van der Waals surface area (Å²) in [5.74, 6) is -1.23. The standard InChI is InChI=1S/C15H19NO4/c1-3-20-11(2)10-16-15(19)13-6-4-5-12(9-13)7-8-14(17)18/h4-9,11H,3,10H2,1-2H3,(H,16,19)(H,17,18)/b8-7+. The first-order valence-electron chi connectivity index (χ1n) is 6.43. The van der Waals surface area contributed by atoms with Crippen LogP contribution in [0.2, 0.25) is 0 Å². The topological polar surface area (TPSA) is 75.6 Å². The molecule has 1 aromatic carbocycles. The number of amides is 1. The maximum absolute atomic E-state index is 11.9.